The number of aromatic nitrogens is 1. The van der Waals surface area contributed by atoms with E-state index in [2.05, 4.69) is 10.6 Å². The first-order chi connectivity index (χ1) is 14.0. The number of nitrogens with one attached hydrogen (secondary N) is 2. The van der Waals surface area contributed by atoms with Gasteiger partial charge in [-0.3, -0.25) is 9.59 Å². The topological polar surface area (TPSA) is 81.6 Å². The summed E-state index contributed by atoms with van der Waals surface area (Å²) in [7, 11) is 4.98. The van der Waals surface area contributed by atoms with Crippen molar-refractivity contribution < 1.29 is 19.1 Å². The summed E-state index contributed by atoms with van der Waals surface area (Å²) in [6.07, 6.45) is 0.220. The molecule has 0 radical (unpaired) electrons. The Balaban J connectivity index is 1.48. The van der Waals surface area contributed by atoms with Crippen molar-refractivity contribution in [2.45, 2.75) is 6.42 Å². The standard InChI is InChI=1S/C22H25N3O4/c1-25-17-7-5-4-6-16(17)14-18(25)22(27)24-11-10-23-21(26)13-15-8-9-19(28-2)20(12-15)29-3/h4-9,12,14H,10-11,13H2,1-3H3,(H,23,26)(H,24,27). The van der Waals surface area contributed by atoms with Crippen molar-refractivity contribution in [2.75, 3.05) is 27.3 Å². The molecule has 1 heterocycles. The Hall–Kier alpha value is -3.48. The van der Waals surface area contributed by atoms with Crippen LogP contribution in [-0.2, 0) is 18.3 Å². The summed E-state index contributed by atoms with van der Waals surface area (Å²) in [6, 6.07) is 15.1. The van der Waals surface area contributed by atoms with Gasteiger partial charge in [-0.2, -0.15) is 0 Å². The predicted octanol–water partition coefficient (Wildman–Crippen LogP) is 2.28. The van der Waals surface area contributed by atoms with Gasteiger partial charge in [-0.1, -0.05) is 24.3 Å². The van der Waals surface area contributed by atoms with Gasteiger partial charge in [0.1, 0.15) is 5.69 Å². The van der Waals surface area contributed by atoms with Crippen LogP contribution in [0.3, 0.4) is 0 Å². The number of amides is 2. The van der Waals surface area contributed by atoms with E-state index in [-0.39, 0.29) is 18.2 Å². The number of nitrogens with zero attached hydrogens (tertiary/aromatic N) is 1. The van der Waals surface area contributed by atoms with Crippen LogP contribution in [0.2, 0.25) is 0 Å². The van der Waals surface area contributed by atoms with Crippen molar-refractivity contribution >= 4 is 22.7 Å². The number of aryl methyl sites for hydroxylation is 1. The summed E-state index contributed by atoms with van der Waals surface area (Å²) < 4.78 is 12.3. The van der Waals surface area contributed by atoms with Crippen LogP contribution >= 0.6 is 0 Å². The number of carbonyl (C=O) groups excluding carboxylic acids is 2. The number of benzene rings is 2. The highest BCUT2D eigenvalue weighted by Gasteiger charge is 2.13. The van der Waals surface area contributed by atoms with Gasteiger partial charge in [0.15, 0.2) is 11.5 Å². The second-order valence-electron chi connectivity index (χ2n) is 6.62. The van der Waals surface area contributed by atoms with Crippen molar-refractivity contribution in [1.82, 2.24) is 15.2 Å². The molecule has 3 aromatic rings. The van der Waals surface area contributed by atoms with E-state index in [1.807, 2.05) is 48.0 Å². The van der Waals surface area contributed by atoms with E-state index in [1.165, 1.54) is 0 Å². The molecule has 2 N–H and O–H groups in total. The molecule has 29 heavy (non-hydrogen) atoms. The number of methoxy groups -OCH3 is 2. The fourth-order valence-corrected chi connectivity index (χ4v) is 3.21. The fourth-order valence-electron chi connectivity index (χ4n) is 3.21. The monoisotopic (exact) mass is 395 g/mol. The van der Waals surface area contributed by atoms with E-state index >= 15 is 0 Å². The van der Waals surface area contributed by atoms with E-state index in [0.717, 1.165) is 16.5 Å². The molecule has 2 amide bonds. The van der Waals surface area contributed by atoms with Gasteiger partial charge in [-0.25, -0.2) is 0 Å². The number of ether oxygens (including phenoxy) is 2. The van der Waals surface area contributed by atoms with Crippen LogP contribution in [0.25, 0.3) is 10.9 Å². The second-order valence-corrected chi connectivity index (χ2v) is 6.62. The Morgan fingerprint density at radius 1 is 0.931 bits per heavy atom. The van der Waals surface area contributed by atoms with Gasteiger partial charge in [-0.05, 0) is 29.8 Å². The normalized spacial score (nSPS) is 10.6. The SMILES string of the molecule is COc1ccc(CC(=O)NCCNC(=O)c2cc3ccccc3n2C)cc1OC. The van der Waals surface area contributed by atoms with E-state index < -0.39 is 0 Å². The molecule has 0 saturated carbocycles. The number of fused-ring (bicyclic) bond motifs is 1. The van der Waals surface area contributed by atoms with Crippen molar-refractivity contribution in [1.29, 1.82) is 0 Å². The molecule has 0 atom stereocenters. The van der Waals surface area contributed by atoms with E-state index in [0.29, 0.717) is 30.3 Å². The van der Waals surface area contributed by atoms with Gasteiger partial charge in [0.25, 0.3) is 5.91 Å². The van der Waals surface area contributed by atoms with Crippen molar-refractivity contribution in [2.24, 2.45) is 7.05 Å². The Bertz CT molecular complexity index is 1030. The van der Waals surface area contributed by atoms with Gasteiger partial charge in [0.2, 0.25) is 5.91 Å². The minimum atomic E-state index is -0.169. The highest BCUT2D eigenvalue weighted by atomic mass is 16.5. The van der Waals surface area contributed by atoms with Crippen LogP contribution < -0.4 is 20.1 Å². The molecule has 7 nitrogen and oxygen atoms in total. The molecule has 2 aromatic carbocycles. The molecular weight excluding hydrogens is 370 g/mol. The van der Waals surface area contributed by atoms with Gasteiger partial charge in [0, 0.05) is 31.0 Å². The van der Waals surface area contributed by atoms with Crippen LogP contribution in [0.1, 0.15) is 16.1 Å². The molecule has 0 bridgehead atoms. The third kappa shape index (κ3) is 4.68. The minimum absolute atomic E-state index is 0.129. The zero-order valence-corrected chi connectivity index (χ0v) is 16.8. The van der Waals surface area contributed by atoms with Crippen LogP contribution in [0.4, 0.5) is 0 Å². The molecule has 0 spiro atoms. The lowest BCUT2D eigenvalue weighted by molar-refractivity contribution is -0.120. The molecule has 152 valence electrons. The second kappa shape index (κ2) is 9.14. The lowest BCUT2D eigenvalue weighted by Crippen LogP contribution is -2.35. The van der Waals surface area contributed by atoms with Crippen LogP contribution in [0, 0.1) is 0 Å². The number of hydrogen-bond donors (Lipinski definition) is 2. The third-order valence-electron chi connectivity index (χ3n) is 4.73. The first-order valence-corrected chi connectivity index (χ1v) is 9.33. The summed E-state index contributed by atoms with van der Waals surface area (Å²) in [4.78, 5) is 24.6. The van der Waals surface area contributed by atoms with E-state index in [4.69, 9.17) is 9.47 Å². The predicted molar refractivity (Wildman–Crippen MR) is 112 cm³/mol. The summed E-state index contributed by atoms with van der Waals surface area (Å²) >= 11 is 0. The molecule has 0 aliphatic rings. The number of hydrogen-bond acceptors (Lipinski definition) is 4. The van der Waals surface area contributed by atoms with Gasteiger partial charge in [-0.15, -0.1) is 0 Å². The van der Waals surface area contributed by atoms with E-state index in [9.17, 15) is 9.59 Å². The number of carbonyl (C=O) groups is 2. The zero-order valence-electron chi connectivity index (χ0n) is 16.8. The van der Waals surface area contributed by atoms with E-state index in [1.54, 1.807) is 26.4 Å². The minimum Gasteiger partial charge on any atom is -0.493 e. The molecule has 0 aliphatic heterocycles. The molecule has 0 unspecified atom stereocenters. The highest BCUT2D eigenvalue weighted by molar-refractivity contribution is 5.98. The van der Waals surface area contributed by atoms with Gasteiger partial charge in [0.05, 0.1) is 20.6 Å². The maximum absolute atomic E-state index is 12.4. The van der Waals surface area contributed by atoms with Gasteiger partial charge < -0.3 is 24.7 Å². The number of rotatable bonds is 8. The third-order valence-corrected chi connectivity index (χ3v) is 4.73. The smallest absolute Gasteiger partial charge is 0.267 e. The Morgan fingerprint density at radius 2 is 1.66 bits per heavy atom. The lowest BCUT2D eigenvalue weighted by atomic mass is 10.1. The Morgan fingerprint density at radius 3 is 2.38 bits per heavy atom. The van der Waals surface area contributed by atoms with Crippen molar-refractivity contribution in [3.63, 3.8) is 0 Å². The first-order valence-electron chi connectivity index (χ1n) is 9.33. The molecule has 0 saturated heterocycles. The van der Waals surface area contributed by atoms with Gasteiger partial charge >= 0.3 is 0 Å². The molecule has 1 aromatic heterocycles. The lowest BCUT2D eigenvalue weighted by Gasteiger charge is -2.10. The average Bonchev–Trinajstić information content (AvgIpc) is 3.08. The summed E-state index contributed by atoms with van der Waals surface area (Å²) in [5.74, 6) is 0.904. The van der Waals surface area contributed by atoms with Crippen LogP contribution in [0.15, 0.2) is 48.5 Å². The molecule has 0 fully saturated rings. The Labute approximate surface area is 169 Å². The van der Waals surface area contributed by atoms with Crippen molar-refractivity contribution in [3.05, 3.63) is 59.8 Å². The summed E-state index contributed by atoms with van der Waals surface area (Å²) in [6.45, 7) is 0.694. The molecule has 0 aliphatic carbocycles. The summed E-state index contributed by atoms with van der Waals surface area (Å²) in [5.41, 5.74) is 2.41. The van der Waals surface area contributed by atoms with Crippen LogP contribution in [0.5, 0.6) is 11.5 Å². The maximum atomic E-state index is 12.4. The number of para-hydroxylation sites is 1. The molecular formula is C22H25N3O4. The maximum Gasteiger partial charge on any atom is 0.267 e. The average molecular weight is 395 g/mol. The highest BCUT2D eigenvalue weighted by Crippen LogP contribution is 2.27. The van der Waals surface area contributed by atoms with Crippen LogP contribution in [-0.4, -0.2) is 43.7 Å². The zero-order chi connectivity index (χ0) is 20.8. The molecule has 3 rings (SSSR count). The van der Waals surface area contributed by atoms with Crippen molar-refractivity contribution in [3.8, 4) is 11.5 Å². The largest absolute Gasteiger partial charge is 0.493 e. The first kappa shape index (κ1) is 20.3. The fraction of sp³-hybridized carbons (Fsp3) is 0.273. The summed E-state index contributed by atoms with van der Waals surface area (Å²) in [5, 5.41) is 6.67. The molecule has 7 heteroatoms. The Kier molecular flexibility index (Phi) is 6.39. The quantitative estimate of drug-likeness (QED) is 0.574.